The minimum absolute atomic E-state index is 1.03. The first-order valence-electron chi connectivity index (χ1n) is 7.54. The van der Waals surface area contributed by atoms with Crippen molar-refractivity contribution in [3.05, 3.63) is 63.0 Å². The van der Waals surface area contributed by atoms with E-state index < -0.39 is 0 Å². The summed E-state index contributed by atoms with van der Waals surface area (Å²) >= 11 is 3.68. The first-order chi connectivity index (χ1) is 10.8. The summed E-state index contributed by atoms with van der Waals surface area (Å²) in [7, 11) is 0. The number of aryl methyl sites for hydroxylation is 2. The Bertz CT molecular complexity index is 656. The van der Waals surface area contributed by atoms with Crippen LogP contribution in [0.15, 0.2) is 47.7 Å². The molecule has 5 heteroatoms. The maximum absolute atomic E-state index is 4.10. The minimum atomic E-state index is 1.03. The molecule has 0 saturated heterocycles. The summed E-state index contributed by atoms with van der Waals surface area (Å²) in [6, 6.07) is 6.71. The zero-order chi connectivity index (χ0) is 15.2. The summed E-state index contributed by atoms with van der Waals surface area (Å²) in [6.07, 6.45) is 6.92. The Kier molecular flexibility index (Phi) is 5.43. The third-order valence-corrected chi connectivity index (χ3v) is 5.33. The van der Waals surface area contributed by atoms with Crippen molar-refractivity contribution in [2.24, 2.45) is 0 Å². The highest BCUT2D eigenvalue weighted by Gasteiger charge is 2.09. The summed E-state index contributed by atoms with van der Waals surface area (Å²) in [5.74, 6) is 0. The number of hydrogen-bond acceptors (Lipinski definition) is 4. The molecule has 0 N–H and O–H groups in total. The average molecular weight is 332 g/mol. The third-order valence-electron chi connectivity index (χ3n) is 3.61. The van der Waals surface area contributed by atoms with E-state index in [9.17, 15) is 0 Å². The van der Waals surface area contributed by atoms with Crippen LogP contribution in [0.2, 0.25) is 0 Å². The first kappa shape index (κ1) is 15.5. The first-order valence-corrected chi connectivity index (χ1v) is 9.30. The zero-order valence-electron chi connectivity index (χ0n) is 12.8. The number of thiophene rings is 2. The van der Waals surface area contributed by atoms with E-state index in [1.54, 1.807) is 11.3 Å². The van der Waals surface area contributed by atoms with Crippen LogP contribution in [-0.4, -0.2) is 21.0 Å². The zero-order valence-corrected chi connectivity index (χ0v) is 14.4. The van der Waals surface area contributed by atoms with Gasteiger partial charge in [0.25, 0.3) is 0 Å². The maximum atomic E-state index is 4.10. The topological polar surface area (TPSA) is 21.1 Å². The van der Waals surface area contributed by atoms with E-state index in [-0.39, 0.29) is 0 Å². The maximum Gasteiger partial charge on any atom is 0.0945 e. The van der Waals surface area contributed by atoms with Gasteiger partial charge in [0.1, 0.15) is 0 Å². The Labute approximate surface area is 139 Å². The van der Waals surface area contributed by atoms with Crippen molar-refractivity contribution < 1.29 is 0 Å². The van der Waals surface area contributed by atoms with Gasteiger partial charge in [-0.1, -0.05) is 0 Å². The van der Waals surface area contributed by atoms with Crippen LogP contribution in [0.5, 0.6) is 0 Å². The lowest BCUT2D eigenvalue weighted by Crippen LogP contribution is -2.24. The molecule has 3 aromatic heterocycles. The van der Waals surface area contributed by atoms with Crippen molar-refractivity contribution in [2.75, 3.05) is 6.54 Å². The summed E-state index contributed by atoms with van der Waals surface area (Å²) in [5.41, 5.74) is 1.42. The molecule has 0 aliphatic rings. The second kappa shape index (κ2) is 7.72. The lowest BCUT2D eigenvalue weighted by molar-refractivity contribution is 0.251. The molecule has 3 rings (SSSR count). The molecule has 0 amide bonds. The molecule has 0 spiro atoms. The molecule has 0 radical (unpaired) electrons. The van der Waals surface area contributed by atoms with Crippen LogP contribution in [0.3, 0.4) is 0 Å². The van der Waals surface area contributed by atoms with Crippen molar-refractivity contribution in [1.82, 2.24) is 14.5 Å². The SMILES string of the molecule is Cc1ccc(CN(CCCn2ccnc2)Cc2ccsc2)s1. The Morgan fingerprint density at radius 3 is 2.86 bits per heavy atom. The number of imidazole rings is 1. The van der Waals surface area contributed by atoms with Gasteiger partial charge in [-0.05, 0) is 47.9 Å². The van der Waals surface area contributed by atoms with Crippen LogP contribution in [0.1, 0.15) is 21.7 Å². The summed E-state index contributed by atoms with van der Waals surface area (Å²) in [6.45, 7) is 6.38. The molecule has 0 saturated carbocycles. The standard InChI is InChI=1S/C17H21N3S2/c1-15-3-4-17(22-15)12-20(11-16-5-10-21-13-16)8-2-7-19-9-6-18-14-19/h3-6,9-10,13-14H,2,7-8,11-12H2,1H3. The van der Waals surface area contributed by atoms with Crippen molar-refractivity contribution in [2.45, 2.75) is 33.0 Å². The molecule has 3 nitrogen and oxygen atoms in total. The summed E-state index contributed by atoms with van der Waals surface area (Å²) < 4.78 is 2.15. The van der Waals surface area contributed by atoms with Gasteiger partial charge in [0.05, 0.1) is 6.33 Å². The van der Waals surface area contributed by atoms with Crippen molar-refractivity contribution in [1.29, 1.82) is 0 Å². The van der Waals surface area contributed by atoms with Gasteiger partial charge in [0.2, 0.25) is 0 Å². The summed E-state index contributed by atoms with van der Waals surface area (Å²) in [5, 5.41) is 4.41. The lowest BCUT2D eigenvalue weighted by atomic mass is 10.2. The fraction of sp³-hybridized carbons (Fsp3) is 0.353. The Balaban J connectivity index is 1.57. The van der Waals surface area contributed by atoms with Gasteiger partial charge in [-0.15, -0.1) is 11.3 Å². The van der Waals surface area contributed by atoms with Crippen molar-refractivity contribution in [3.8, 4) is 0 Å². The fourth-order valence-corrected chi connectivity index (χ4v) is 4.13. The number of aromatic nitrogens is 2. The minimum Gasteiger partial charge on any atom is -0.337 e. The molecule has 0 atom stereocenters. The molecule has 0 aromatic carbocycles. The highest BCUT2D eigenvalue weighted by molar-refractivity contribution is 7.11. The van der Waals surface area contributed by atoms with Crippen molar-refractivity contribution in [3.63, 3.8) is 0 Å². The molecule has 0 aliphatic heterocycles. The van der Waals surface area contributed by atoms with Crippen LogP contribution in [0.25, 0.3) is 0 Å². The molecule has 22 heavy (non-hydrogen) atoms. The number of nitrogens with zero attached hydrogens (tertiary/aromatic N) is 3. The van der Waals surface area contributed by atoms with Gasteiger partial charge in [-0.3, -0.25) is 4.90 Å². The number of hydrogen-bond donors (Lipinski definition) is 0. The summed E-state index contributed by atoms with van der Waals surface area (Å²) in [4.78, 5) is 9.50. The second-order valence-corrected chi connectivity index (χ2v) is 7.66. The molecular formula is C17H21N3S2. The van der Waals surface area contributed by atoms with Gasteiger partial charge in [0, 0.05) is 48.3 Å². The Morgan fingerprint density at radius 2 is 2.18 bits per heavy atom. The average Bonchev–Trinajstić information content (AvgIpc) is 3.22. The van der Waals surface area contributed by atoms with Crippen LogP contribution >= 0.6 is 22.7 Å². The monoisotopic (exact) mass is 331 g/mol. The Hall–Kier alpha value is -1.43. The molecule has 116 valence electrons. The lowest BCUT2D eigenvalue weighted by Gasteiger charge is -2.21. The van der Waals surface area contributed by atoms with Gasteiger partial charge in [-0.2, -0.15) is 11.3 Å². The number of rotatable bonds is 8. The molecule has 3 aromatic rings. The van der Waals surface area contributed by atoms with Crippen LogP contribution in [-0.2, 0) is 19.6 Å². The van der Waals surface area contributed by atoms with Crippen LogP contribution < -0.4 is 0 Å². The molecule has 0 unspecified atom stereocenters. The molecule has 0 fully saturated rings. The van der Waals surface area contributed by atoms with E-state index in [2.05, 4.69) is 50.3 Å². The van der Waals surface area contributed by atoms with E-state index in [0.29, 0.717) is 0 Å². The predicted octanol–water partition coefficient (Wildman–Crippen LogP) is 4.41. The second-order valence-electron chi connectivity index (χ2n) is 5.51. The smallest absolute Gasteiger partial charge is 0.0945 e. The van der Waals surface area contributed by atoms with Gasteiger partial charge < -0.3 is 4.57 Å². The van der Waals surface area contributed by atoms with E-state index >= 15 is 0 Å². The van der Waals surface area contributed by atoms with Crippen LogP contribution in [0.4, 0.5) is 0 Å². The van der Waals surface area contributed by atoms with E-state index in [1.165, 1.54) is 15.3 Å². The highest BCUT2D eigenvalue weighted by atomic mass is 32.1. The largest absolute Gasteiger partial charge is 0.337 e. The molecule has 0 bridgehead atoms. The molecule has 3 heterocycles. The quantitative estimate of drug-likeness (QED) is 0.610. The highest BCUT2D eigenvalue weighted by Crippen LogP contribution is 2.19. The predicted molar refractivity (Wildman–Crippen MR) is 94.3 cm³/mol. The van der Waals surface area contributed by atoms with E-state index in [0.717, 1.165) is 32.6 Å². The third kappa shape index (κ3) is 4.53. The molecule has 0 aliphatic carbocycles. The van der Waals surface area contributed by atoms with Gasteiger partial charge in [0.15, 0.2) is 0 Å². The van der Waals surface area contributed by atoms with E-state index in [4.69, 9.17) is 0 Å². The van der Waals surface area contributed by atoms with Crippen LogP contribution in [0, 0.1) is 6.92 Å². The fourth-order valence-electron chi connectivity index (χ4n) is 2.54. The van der Waals surface area contributed by atoms with Gasteiger partial charge >= 0.3 is 0 Å². The molecular weight excluding hydrogens is 310 g/mol. The van der Waals surface area contributed by atoms with Crippen molar-refractivity contribution >= 4 is 22.7 Å². The Morgan fingerprint density at radius 1 is 1.23 bits per heavy atom. The normalized spacial score (nSPS) is 11.4. The van der Waals surface area contributed by atoms with E-state index in [1.807, 2.05) is 30.1 Å². The van der Waals surface area contributed by atoms with Gasteiger partial charge in [-0.25, -0.2) is 4.98 Å².